The first-order valence-corrected chi connectivity index (χ1v) is 3.41. The summed E-state index contributed by atoms with van der Waals surface area (Å²) in [4.78, 5) is 3.90. The van der Waals surface area contributed by atoms with Gasteiger partial charge in [-0.1, -0.05) is 0 Å². The summed E-state index contributed by atoms with van der Waals surface area (Å²) < 4.78 is 1.82. The van der Waals surface area contributed by atoms with Crippen molar-refractivity contribution in [3.05, 3.63) is 12.2 Å². The molecule has 54 valence electrons. The molecule has 2 rings (SSSR count). The second-order valence-corrected chi connectivity index (χ2v) is 2.53. The third kappa shape index (κ3) is 0.903. The number of hydrogen-bond acceptors (Lipinski definition) is 3. The van der Waals surface area contributed by atoms with Crippen LogP contribution in [-0.4, -0.2) is 19.9 Å². The topological polar surface area (TPSA) is 50.9 Å². The molecule has 1 aliphatic carbocycles. The maximum atomic E-state index is 8.61. The average molecular weight is 139 g/mol. The minimum atomic E-state index is -0.0558. The molecule has 0 unspecified atom stereocenters. The molecule has 1 N–H and O–H groups in total. The highest BCUT2D eigenvalue weighted by atomic mass is 16.3. The van der Waals surface area contributed by atoms with Gasteiger partial charge in [-0.3, -0.25) is 0 Å². The molecule has 10 heavy (non-hydrogen) atoms. The zero-order valence-corrected chi connectivity index (χ0v) is 5.56. The first-order valence-electron chi connectivity index (χ1n) is 3.41. The van der Waals surface area contributed by atoms with Crippen LogP contribution in [0.25, 0.3) is 0 Å². The van der Waals surface area contributed by atoms with Crippen molar-refractivity contribution in [1.29, 1.82) is 0 Å². The SMILES string of the molecule is OCc1ncn(C2CC2)n1. The highest BCUT2D eigenvalue weighted by Crippen LogP contribution is 2.33. The van der Waals surface area contributed by atoms with Gasteiger partial charge in [0.25, 0.3) is 0 Å². The molecule has 0 bridgehead atoms. The fourth-order valence-corrected chi connectivity index (χ4v) is 0.898. The Kier molecular flexibility index (Phi) is 1.20. The average Bonchev–Trinajstić information content (AvgIpc) is 2.70. The van der Waals surface area contributed by atoms with E-state index in [0.717, 1.165) is 0 Å². The van der Waals surface area contributed by atoms with Crippen LogP contribution in [0.3, 0.4) is 0 Å². The predicted octanol–water partition coefficient (Wildman–Crippen LogP) is 0.105. The van der Waals surface area contributed by atoms with Crippen molar-refractivity contribution in [1.82, 2.24) is 14.8 Å². The number of hydrogen-bond donors (Lipinski definition) is 1. The summed E-state index contributed by atoms with van der Waals surface area (Å²) in [6, 6.07) is 0.563. The summed E-state index contributed by atoms with van der Waals surface area (Å²) in [5, 5.41) is 12.7. The van der Waals surface area contributed by atoms with Crippen molar-refractivity contribution in [2.24, 2.45) is 0 Å². The number of rotatable bonds is 2. The largest absolute Gasteiger partial charge is 0.388 e. The van der Waals surface area contributed by atoms with E-state index in [4.69, 9.17) is 5.11 Å². The van der Waals surface area contributed by atoms with Gasteiger partial charge in [0.15, 0.2) is 5.82 Å². The van der Waals surface area contributed by atoms with Gasteiger partial charge < -0.3 is 5.11 Å². The summed E-state index contributed by atoms with van der Waals surface area (Å²) in [5.74, 6) is 0.520. The number of aromatic nitrogens is 3. The minimum Gasteiger partial charge on any atom is -0.388 e. The smallest absolute Gasteiger partial charge is 0.175 e. The number of aliphatic hydroxyl groups excluding tert-OH is 1. The van der Waals surface area contributed by atoms with E-state index in [1.807, 2.05) is 4.68 Å². The molecule has 0 aliphatic heterocycles. The van der Waals surface area contributed by atoms with Crippen molar-refractivity contribution in [3.63, 3.8) is 0 Å². The predicted molar refractivity (Wildman–Crippen MR) is 34.2 cm³/mol. The van der Waals surface area contributed by atoms with E-state index in [9.17, 15) is 0 Å². The lowest BCUT2D eigenvalue weighted by atomic mass is 10.7. The van der Waals surface area contributed by atoms with Crippen LogP contribution in [0, 0.1) is 0 Å². The maximum Gasteiger partial charge on any atom is 0.175 e. The van der Waals surface area contributed by atoms with Crippen LogP contribution >= 0.6 is 0 Å². The minimum absolute atomic E-state index is 0.0558. The van der Waals surface area contributed by atoms with Crippen LogP contribution < -0.4 is 0 Å². The molecule has 1 aliphatic rings. The molecule has 0 spiro atoms. The Labute approximate surface area is 58.5 Å². The Balaban J connectivity index is 2.19. The van der Waals surface area contributed by atoms with Crippen molar-refractivity contribution >= 4 is 0 Å². The lowest BCUT2D eigenvalue weighted by Crippen LogP contribution is -1.95. The van der Waals surface area contributed by atoms with E-state index in [2.05, 4.69) is 10.1 Å². The molecule has 4 nitrogen and oxygen atoms in total. The molecule has 0 saturated heterocycles. The first kappa shape index (κ1) is 5.85. The van der Waals surface area contributed by atoms with Crippen LogP contribution in [0.1, 0.15) is 24.7 Å². The van der Waals surface area contributed by atoms with E-state index >= 15 is 0 Å². The van der Waals surface area contributed by atoms with Crippen LogP contribution in [-0.2, 0) is 6.61 Å². The van der Waals surface area contributed by atoms with Gasteiger partial charge in [-0.2, -0.15) is 5.10 Å². The molecule has 1 saturated carbocycles. The molecule has 1 aromatic rings. The van der Waals surface area contributed by atoms with Gasteiger partial charge in [-0.05, 0) is 12.8 Å². The molecule has 1 fully saturated rings. The standard InChI is InChI=1S/C6H9N3O/c10-3-6-7-4-9(8-6)5-1-2-5/h4-5,10H,1-3H2. The summed E-state index contributed by atoms with van der Waals surface area (Å²) >= 11 is 0. The van der Waals surface area contributed by atoms with Gasteiger partial charge in [0.05, 0.1) is 6.04 Å². The highest BCUT2D eigenvalue weighted by molar-refractivity contribution is 4.85. The van der Waals surface area contributed by atoms with E-state index in [-0.39, 0.29) is 6.61 Å². The van der Waals surface area contributed by atoms with Crippen LogP contribution in [0.2, 0.25) is 0 Å². The summed E-state index contributed by atoms with van der Waals surface area (Å²) in [7, 11) is 0. The monoisotopic (exact) mass is 139 g/mol. The van der Waals surface area contributed by atoms with E-state index in [1.54, 1.807) is 6.33 Å². The lowest BCUT2D eigenvalue weighted by molar-refractivity contribution is 0.270. The molecule has 0 atom stereocenters. The maximum absolute atomic E-state index is 8.61. The number of nitrogens with zero attached hydrogens (tertiary/aromatic N) is 3. The molecular weight excluding hydrogens is 130 g/mol. The molecule has 1 aromatic heterocycles. The Morgan fingerprint density at radius 2 is 2.50 bits per heavy atom. The molecule has 1 heterocycles. The molecule has 4 heteroatoms. The zero-order chi connectivity index (χ0) is 6.97. The fraction of sp³-hybridized carbons (Fsp3) is 0.667. The fourth-order valence-electron chi connectivity index (χ4n) is 0.898. The Hall–Kier alpha value is -0.900. The summed E-state index contributed by atoms with van der Waals surface area (Å²) in [6.07, 6.45) is 4.09. The second kappa shape index (κ2) is 2.05. The Morgan fingerprint density at radius 1 is 1.70 bits per heavy atom. The zero-order valence-electron chi connectivity index (χ0n) is 5.56. The lowest BCUT2D eigenvalue weighted by Gasteiger charge is -1.90. The van der Waals surface area contributed by atoms with Crippen molar-refractivity contribution in [2.45, 2.75) is 25.5 Å². The van der Waals surface area contributed by atoms with Crippen LogP contribution in [0.5, 0.6) is 0 Å². The quantitative estimate of drug-likeness (QED) is 0.632. The van der Waals surface area contributed by atoms with Gasteiger partial charge in [0, 0.05) is 0 Å². The van der Waals surface area contributed by atoms with Gasteiger partial charge >= 0.3 is 0 Å². The summed E-state index contributed by atoms with van der Waals surface area (Å²) in [6.45, 7) is -0.0558. The number of aliphatic hydroxyl groups is 1. The van der Waals surface area contributed by atoms with E-state index in [1.165, 1.54) is 12.8 Å². The third-order valence-electron chi connectivity index (χ3n) is 1.62. The van der Waals surface area contributed by atoms with E-state index < -0.39 is 0 Å². The van der Waals surface area contributed by atoms with Crippen molar-refractivity contribution in [2.75, 3.05) is 0 Å². The normalized spacial score (nSPS) is 17.7. The van der Waals surface area contributed by atoms with E-state index in [0.29, 0.717) is 11.9 Å². The van der Waals surface area contributed by atoms with Crippen molar-refractivity contribution in [3.8, 4) is 0 Å². The van der Waals surface area contributed by atoms with Gasteiger partial charge in [0.2, 0.25) is 0 Å². The molecule has 0 amide bonds. The van der Waals surface area contributed by atoms with Gasteiger partial charge in [0.1, 0.15) is 12.9 Å². The van der Waals surface area contributed by atoms with Gasteiger partial charge in [-0.25, -0.2) is 9.67 Å². The van der Waals surface area contributed by atoms with Crippen LogP contribution in [0.4, 0.5) is 0 Å². The third-order valence-corrected chi connectivity index (χ3v) is 1.62. The van der Waals surface area contributed by atoms with Crippen LogP contribution in [0.15, 0.2) is 6.33 Å². The Morgan fingerprint density at radius 3 is 3.00 bits per heavy atom. The van der Waals surface area contributed by atoms with Gasteiger partial charge in [-0.15, -0.1) is 0 Å². The molecule has 0 aromatic carbocycles. The molecular formula is C6H9N3O. The Bertz CT molecular complexity index is 229. The summed E-state index contributed by atoms with van der Waals surface area (Å²) in [5.41, 5.74) is 0. The molecule has 0 radical (unpaired) electrons. The van der Waals surface area contributed by atoms with Crippen molar-refractivity contribution < 1.29 is 5.11 Å². The first-order chi connectivity index (χ1) is 4.90. The second-order valence-electron chi connectivity index (χ2n) is 2.53. The highest BCUT2D eigenvalue weighted by Gasteiger charge is 2.24.